The Balaban J connectivity index is 2.04. The number of carbonyl (C=O) groups excluding carboxylic acids is 1. The van der Waals surface area contributed by atoms with E-state index in [0.29, 0.717) is 5.92 Å². The van der Waals surface area contributed by atoms with Gasteiger partial charge in [0, 0.05) is 6.61 Å². The first kappa shape index (κ1) is 15.8. The molecule has 20 heavy (non-hydrogen) atoms. The summed E-state index contributed by atoms with van der Waals surface area (Å²) in [5.41, 5.74) is -0.143. The summed E-state index contributed by atoms with van der Waals surface area (Å²) < 4.78 is 5.87. The third kappa shape index (κ3) is 3.53. The standard InChI is InChI=1S/C16H30N2O2/c1-5-7-14-17-13(10-12(2)3)15(19)18(14)11-16(4)8-6-9-20-16/h12-14,17H,5-11H2,1-4H3. The van der Waals surface area contributed by atoms with Gasteiger partial charge in [0.05, 0.1) is 24.4 Å². The van der Waals surface area contributed by atoms with Crippen LogP contribution in [0, 0.1) is 5.92 Å². The molecule has 0 spiro atoms. The van der Waals surface area contributed by atoms with Gasteiger partial charge in [0.2, 0.25) is 5.91 Å². The second-order valence-electron chi connectivity index (χ2n) is 7.02. The minimum atomic E-state index is -0.143. The molecule has 1 amide bonds. The molecule has 0 aromatic rings. The molecule has 0 saturated carbocycles. The van der Waals surface area contributed by atoms with Gasteiger partial charge in [-0.05, 0) is 38.5 Å². The van der Waals surface area contributed by atoms with Crippen molar-refractivity contribution in [2.45, 2.75) is 77.6 Å². The van der Waals surface area contributed by atoms with Gasteiger partial charge >= 0.3 is 0 Å². The van der Waals surface area contributed by atoms with Gasteiger partial charge < -0.3 is 9.64 Å². The van der Waals surface area contributed by atoms with Crippen molar-refractivity contribution in [1.29, 1.82) is 0 Å². The van der Waals surface area contributed by atoms with Crippen molar-refractivity contribution in [3.05, 3.63) is 0 Å². The Bertz CT molecular complexity index is 337. The molecule has 0 aliphatic carbocycles. The minimum Gasteiger partial charge on any atom is -0.373 e. The highest BCUT2D eigenvalue weighted by Gasteiger charge is 2.43. The summed E-state index contributed by atoms with van der Waals surface area (Å²) in [6.45, 7) is 10.2. The summed E-state index contributed by atoms with van der Waals surface area (Å²) in [5, 5.41) is 3.54. The Morgan fingerprint density at radius 2 is 2.25 bits per heavy atom. The first-order valence-corrected chi connectivity index (χ1v) is 8.15. The topological polar surface area (TPSA) is 41.6 Å². The van der Waals surface area contributed by atoms with Crippen molar-refractivity contribution in [2.75, 3.05) is 13.2 Å². The molecular weight excluding hydrogens is 252 g/mol. The van der Waals surface area contributed by atoms with Crippen LogP contribution in [0.2, 0.25) is 0 Å². The first-order valence-electron chi connectivity index (χ1n) is 8.15. The zero-order valence-electron chi connectivity index (χ0n) is 13.4. The van der Waals surface area contributed by atoms with Crippen LogP contribution in [0.15, 0.2) is 0 Å². The van der Waals surface area contributed by atoms with Crippen LogP contribution >= 0.6 is 0 Å². The zero-order valence-corrected chi connectivity index (χ0v) is 13.4. The largest absolute Gasteiger partial charge is 0.373 e. The highest BCUT2D eigenvalue weighted by molar-refractivity contribution is 5.84. The molecule has 4 nitrogen and oxygen atoms in total. The highest BCUT2D eigenvalue weighted by atomic mass is 16.5. The highest BCUT2D eigenvalue weighted by Crippen LogP contribution is 2.29. The van der Waals surface area contributed by atoms with Crippen molar-refractivity contribution in [1.82, 2.24) is 10.2 Å². The monoisotopic (exact) mass is 282 g/mol. The van der Waals surface area contributed by atoms with E-state index in [9.17, 15) is 4.79 Å². The predicted molar refractivity (Wildman–Crippen MR) is 80.4 cm³/mol. The van der Waals surface area contributed by atoms with Crippen molar-refractivity contribution in [3.8, 4) is 0 Å². The van der Waals surface area contributed by atoms with E-state index >= 15 is 0 Å². The number of ether oxygens (including phenoxy) is 1. The molecule has 2 aliphatic rings. The van der Waals surface area contributed by atoms with Gasteiger partial charge in [-0.25, -0.2) is 0 Å². The van der Waals surface area contributed by atoms with Gasteiger partial charge in [0.25, 0.3) is 0 Å². The van der Waals surface area contributed by atoms with Crippen LogP contribution in [-0.2, 0) is 9.53 Å². The SMILES string of the molecule is CCCC1NC(CC(C)C)C(=O)N1CC1(C)CCCO1. The molecular formula is C16H30N2O2. The van der Waals surface area contributed by atoms with Crippen LogP contribution in [0.1, 0.15) is 59.8 Å². The fourth-order valence-electron chi connectivity index (χ4n) is 3.41. The molecule has 0 bridgehead atoms. The van der Waals surface area contributed by atoms with Crippen molar-refractivity contribution >= 4 is 5.91 Å². The van der Waals surface area contributed by atoms with E-state index in [1.54, 1.807) is 0 Å². The third-order valence-electron chi connectivity index (χ3n) is 4.43. The van der Waals surface area contributed by atoms with E-state index in [4.69, 9.17) is 4.74 Å². The number of rotatable bonds is 6. The van der Waals surface area contributed by atoms with Gasteiger partial charge in [0.1, 0.15) is 0 Å². The molecule has 1 N–H and O–H groups in total. The van der Waals surface area contributed by atoms with Crippen molar-refractivity contribution in [3.63, 3.8) is 0 Å². The first-order chi connectivity index (χ1) is 9.45. The van der Waals surface area contributed by atoms with Crippen molar-refractivity contribution < 1.29 is 9.53 Å². The number of nitrogens with one attached hydrogen (secondary N) is 1. The second kappa shape index (κ2) is 6.44. The number of amides is 1. The van der Waals surface area contributed by atoms with E-state index in [1.165, 1.54) is 0 Å². The van der Waals surface area contributed by atoms with Crippen LogP contribution < -0.4 is 5.32 Å². The Hall–Kier alpha value is -0.610. The van der Waals surface area contributed by atoms with E-state index in [2.05, 4.69) is 33.0 Å². The minimum absolute atomic E-state index is 0.00319. The maximum Gasteiger partial charge on any atom is 0.241 e. The average Bonchev–Trinajstić information content (AvgIpc) is 2.90. The van der Waals surface area contributed by atoms with Gasteiger partial charge in [-0.1, -0.05) is 27.2 Å². The van der Waals surface area contributed by atoms with Crippen LogP contribution in [0.4, 0.5) is 0 Å². The molecule has 0 aromatic carbocycles. The molecule has 3 unspecified atom stereocenters. The summed E-state index contributed by atoms with van der Waals surface area (Å²) >= 11 is 0. The molecule has 4 heteroatoms. The van der Waals surface area contributed by atoms with E-state index in [0.717, 1.165) is 45.3 Å². The molecule has 2 heterocycles. The van der Waals surface area contributed by atoms with Gasteiger partial charge in [0.15, 0.2) is 0 Å². The lowest BCUT2D eigenvalue weighted by atomic mass is 10.0. The van der Waals surface area contributed by atoms with E-state index < -0.39 is 0 Å². The van der Waals surface area contributed by atoms with Crippen LogP contribution in [-0.4, -0.2) is 41.8 Å². The summed E-state index contributed by atoms with van der Waals surface area (Å²) in [6, 6.07) is -0.00319. The summed E-state index contributed by atoms with van der Waals surface area (Å²) in [7, 11) is 0. The number of hydrogen-bond acceptors (Lipinski definition) is 3. The molecule has 0 aromatic heterocycles. The Morgan fingerprint density at radius 1 is 1.50 bits per heavy atom. The summed E-state index contributed by atoms with van der Waals surface area (Å²) in [6.07, 6.45) is 5.40. The van der Waals surface area contributed by atoms with E-state index in [1.807, 2.05) is 4.90 Å². The summed E-state index contributed by atoms with van der Waals surface area (Å²) in [5.74, 6) is 0.811. The quantitative estimate of drug-likeness (QED) is 0.814. The molecule has 0 radical (unpaired) electrons. The van der Waals surface area contributed by atoms with Gasteiger partial charge in [-0.2, -0.15) is 0 Å². The normalized spacial score (nSPS) is 34.5. The molecule has 2 aliphatic heterocycles. The smallest absolute Gasteiger partial charge is 0.241 e. The molecule has 2 saturated heterocycles. The fraction of sp³-hybridized carbons (Fsp3) is 0.938. The Labute approximate surface area is 123 Å². The number of hydrogen-bond donors (Lipinski definition) is 1. The number of carbonyl (C=O) groups is 1. The second-order valence-corrected chi connectivity index (χ2v) is 7.02. The average molecular weight is 282 g/mol. The van der Waals surface area contributed by atoms with Crippen LogP contribution in [0.25, 0.3) is 0 Å². The van der Waals surface area contributed by atoms with E-state index in [-0.39, 0.29) is 23.7 Å². The maximum atomic E-state index is 12.7. The fourth-order valence-corrected chi connectivity index (χ4v) is 3.41. The lowest BCUT2D eigenvalue weighted by Gasteiger charge is -2.32. The predicted octanol–water partition coefficient (Wildman–Crippen LogP) is 2.53. The summed E-state index contributed by atoms with van der Waals surface area (Å²) in [4.78, 5) is 14.7. The Kier molecular flexibility index (Phi) is 5.08. The van der Waals surface area contributed by atoms with Crippen LogP contribution in [0.3, 0.4) is 0 Å². The lowest BCUT2D eigenvalue weighted by Crippen LogP contribution is -2.46. The molecule has 2 rings (SSSR count). The molecule has 116 valence electrons. The third-order valence-corrected chi connectivity index (χ3v) is 4.43. The zero-order chi connectivity index (χ0) is 14.8. The van der Waals surface area contributed by atoms with Gasteiger partial charge in [-0.15, -0.1) is 0 Å². The van der Waals surface area contributed by atoms with Crippen LogP contribution in [0.5, 0.6) is 0 Å². The maximum absolute atomic E-state index is 12.7. The Morgan fingerprint density at radius 3 is 2.80 bits per heavy atom. The lowest BCUT2D eigenvalue weighted by molar-refractivity contribution is -0.134. The molecule has 3 atom stereocenters. The molecule has 2 fully saturated rings. The van der Waals surface area contributed by atoms with Crippen molar-refractivity contribution in [2.24, 2.45) is 5.92 Å². The van der Waals surface area contributed by atoms with Gasteiger partial charge in [-0.3, -0.25) is 10.1 Å². The number of nitrogens with zero attached hydrogens (tertiary/aromatic N) is 1.